The molecule has 0 saturated heterocycles. The van der Waals surface area contributed by atoms with Crippen LogP contribution in [0.15, 0.2) is 60.8 Å². The van der Waals surface area contributed by atoms with Gasteiger partial charge >= 0.3 is 0 Å². The number of para-hydroxylation sites is 1. The van der Waals surface area contributed by atoms with Gasteiger partial charge in [0.25, 0.3) is 5.91 Å². The molecule has 0 radical (unpaired) electrons. The molecule has 1 amide bonds. The van der Waals surface area contributed by atoms with Crippen molar-refractivity contribution < 1.29 is 13.6 Å². The van der Waals surface area contributed by atoms with Crippen LogP contribution in [-0.2, 0) is 0 Å². The van der Waals surface area contributed by atoms with Crippen molar-refractivity contribution in [2.24, 2.45) is 0 Å². The molecule has 0 saturated carbocycles. The van der Waals surface area contributed by atoms with E-state index < -0.39 is 23.2 Å². The van der Waals surface area contributed by atoms with Gasteiger partial charge in [0.15, 0.2) is 0 Å². The van der Waals surface area contributed by atoms with Crippen LogP contribution < -0.4 is 10.6 Å². The van der Waals surface area contributed by atoms with Gasteiger partial charge in [-0.2, -0.15) is 5.26 Å². The molecule has 0 unspecified atom stereocenters. The number of nitrogens with one attached hydrogen (secondary N) is 2. The minimum atomic E-state index is -0.867. The highest BCUT2D eigenvalue weighted by molar-refractivity contribution is 6.03. The van der Waals surface area contributed by atoms with E-state index in [4.69, 9.17) is 5.26 Å². The third kappa shape index (κ3) is 3.82. The number of nitriles is 1. The Morgan fingerprint density at radius 1 is 1.00 bits per heavy atom. The number of benzene rings is 2. The summed E-state index contributed by atoms with van der Waals surface area (Å²) in [5, 5.41) is 14.1. The molecule has 3 aromatic rings. The number of anilines is 3. The highest BCUT2D eigenvalue weighted by Gasteiger charge is 2.14. The maximum absolute atomic E-state index is 13.6. The molecule has 0 aliphatic carbocycles. The second-order valence-electron chi connectivity index (χ2n) is 5.30. The number of hydrogen-bond acceptors (Lipinski definition) is 4. The van der Waals surface area contributed by atoms with Crippen LogP contribution >= 0.6 is 0 Å². The Morgan fingerprint density at radius 3 is 2.38 bits per heavy atom. The van der Waals surface area contributed by atoms with Crippen molar-refractivity contribution in [2.45, 2.75) is 0 Å². The monoisotopic (exact) mass is 350 g/mol. The van der Waals surface area contributed by atoms with Crippen LogP contribution in [0.25, 0.3) is 0 Å². The summed E-state index contributed by atoms with van der Waals surface area (Å²) in [5.41, 5.74) is 1.27. The lowest BCUT2D eigenvalue weighted by atomic mass is 10.2. The number of pyridine rings is 1. The van der Waals surface area contributed by atoms with Crippen molar-refractivity contribution >= 4 is 23.0 Å². The van der Waals surface area contributed by atoms with Gasteiger partial charge in [0.1, 0.15) is 23.0 Å². The molecule has 0 fully saturated rings. The van der Waals surface area contributed by atoms with Gasteiger partial charge in [-0.3, -0.25) is 4.79 Å². The Bertz CT molecular complexity index is 977. The lowest BCUT2D eigenvalue weighted by Gasteiger charge is -2.09. The maximum atomic E-state index is 13.6. The van der Waals surface area contributed by atoms with E-state index in [9.17, 15) is 13.6 Å². The van der Waals surface area contributed by atoms with Crippen molar-refractivity contribution in [1.82, 2.24) is 4.98 Å². The summed E-state index contributed by atoms with van der Waals surface area (Å²) in [7, 11) is 0. The van der Waals surface area contributed by atoms with Crippen LogP contribution in [0.2, 0.25) is 0 Å². The van der Waals surface area contributed by atoms with Gasteiger partial charge in [-0.25, -0.2) is 13.8 Å². The van der Waals surface area contributed by atoms with Crippen molar-refractivity contribution in [1.29, 1.82) is 5.26 Å². The number of nitrogens with zero attached hydrogens (tertiary/aromatic N) is 2. The number of halogens is 2. The fraction of sp³-hybridized carbons (Fsp3) is 0. The smallest absolute Gasteiger partial charge is 0.274 e. The zero-order valence-corrected chi connectivity index (χ0v) is 13.3. The third-order valence-electron chi connectivity index (χ3n) is 3.48. The number of carbonyl (C=O) groups is 1. The van der Waals surface area contributed by atoms with Gasteiger partial charge in [0, 0.05) is 5.69 Å². The Kier molecular flexibility index (Phi) is 4.85. The first-order chi connectivity index (χ1) is 12.6. The van der Waals surface area contributed by atoms with Crippen LogP contribution in [0.1, 0.15) is 16.1 Å². The van der Waals surface area contributed by atoms with Gasteiger partial charge in [-0.15, -0.1) is 0 Å². The van der Waals surface area contributed by atoms with Gasteiger partial charge in [0.05, 0.1) is 23.5 Å². The van der Waals surface area contributed by atoms with E-state index in [1.165, 1.54) is 18.3 Å². The standard InChI is InChI=1S/C19H12F2N4O/c20-15-5-2-6-16(21)18(15)25-19(26)17-8-7-14(11-23-17)24-13-4-1-3-12(9-13)10-22/h1-9,11,24H,(H,25,26). The topological polar surface area (TPSA) is 77.8 Å². The number of rotatable bonds is 4. The highest BCUT2D eigenvalue weighted by Crippen LogP contribution is 2.20. The van der Waals surface area contributed by atoms with Crippen molar-refractivity contribution in [2.75, 3.05) is 10.6 Å². The van der Waals surface area contributed by atoms with Gasteiger partial charge in [-0.05, 0) is 42.5 Å². The van der Waals surface area contributed by atoms with E-state index in [2.05, 4.69) is 15.6 Å². The second-order valence-corrected chi connectivity index (χ2v) is 5.30. The number of amides is 1. The van der Waals surface area contributed by atoms with Crippen LogP contribution in [-0.4, -0.2) is 10.9 Å². The molecule has 0 bridgehead atoms. The fourth-order valence-corrected chi connectivity index (χ4v) is 2.23. The van der Waals surface area contributed by atoms with E-state index in [-0.39, 0.29) is 5.69 Å². The van der Waals surface area contributed by atoms with Crippen molar-refractivity contribution in [3.63, 3.8) is 0 Å². The Hall–Kier alpha value is -3.79. The minimum absolute atomic E-state index is 0.00368. The first-order valence-electron chi connectivity index (χ1n) is 7.55. The third-order valence-corrected chi connectivity index (χ3v) is 3.48. The van der Waals surface area contributed by atoms with Crippen molar-refractivity contribution in [3.8, 4) is 6.07 Å². The molecule has 7 heteroatoms. The van der Waals surface area contributed by atoms with Crippen LogP contribution in [0.3, 0.4) is 0 Å². The molecule has 0 aliphatic heterocycles. The zero-order chi connectivity index (χ0) is 18.5. The number of carbonyl (C=O) groups excluding carboxylic acids is 1. The van der Waals surface area contributed by atoms with E-state index in [1.807, 2.05) is 6.07 Å². The first-order valence-corrected chi connectivity index (χ1v) is 7.55. The van der Waals surface area contributed by atoms with E-state index >= 15 is 0 Å². The molecule has 0 aliphatic rings. The lowest BCUT2D eigenvalue weighted by Crippen LogP contribution is -2.15. The number of aromatic nitrogens is 1. The fourth-order valence-electron chi connectivity index (χ4n) is 2.23. The zero-order valence-electron chi connectivity index (χ0n) is 13.3. The summed E-state index contributed by atoms with van der Waals surface area (Å²) in [4.78, 5) is 16.1. The van der Waals surface area contributed by atoms with Crippen molar-refractivity contribution in [3.05, 3.63) is 83.7 Å². The summed E-state index contributed by atoms with van der Waals surface area (Å²) < 4.78 is 27.2. The molecule has 0 atom stereocenters. The molecule has 26 heavy (non-hydrogen) atoms. The number of hydrogen-bond donors (Lipinski definition) is 2. The average molecular weight is 350 g/mol. The van der Waals surface area contributed by atoms with Crippen LogP contribution in [0.5, 0.6) is 0 Å². The summed E-state index contributed by atoms with van der Waals surface area (Å²) in [6.07, 6.45) is 1.41. The second kappa shape index (κ2) is 7.40. The van der Waals surface area contributed by atoms with Crippen LogP contribution in [0.4, 0.5) is 25.8 Å². The molecule has 2 aromatic carbocycles. The maximum Gasteiger partial charge on any atom is 0.274 e. The van der Waals surface area contributed by atoms with E-state index in [1.54, 1.807) is 30.3 Å². The first kappa shape index (κ1) is 17.0. The molecule has 2 N–H and O–H groups in total. The Morgan fingerprint density at radius 2 is 1.73 bits per heavy atom. The largest absolute Gasteiger partial charge is 0.354 e. The molecular weight excluding hydrogens is 338 g/mol. The summed E-state index contributed by atoms with van der Waals surface area (Å²) in [6, 6.07) is 15.2. The normalized spacial score (nSPS) is 10.0. The highest BCUT2D eigenvalue weighted by atomic mass is 19.1. The Balaban J connectivity index is 1.73. The molecule has 5 nitrogen and oxygen atoms in total. The quantitative estimate of drug-likeness (QED) is 0.738. The van der Waals surface area contributed by atoms with Gasteiger partial charge < -0.3 is 10.6 Å². The molecular formula is C19H12F2N4O. The van der Waals surface area contributed by atoms with Gasteiger partial charge in [0.2, 0.25) is 0 Å². The lowest BCUT2D eigenvalue weighted by molar-refractivity contribution is 0.102. The molecule has 0 spiro atoms. The van der Waals surface area contributed by atoms with E-state index in [0.29, 0.717) is 16.9 Å². The summed E-state index contributed by atoms with van der Waals surface area (Å²) in [5.74, 6) is -2.46. The average Bonchev–Trinajstić information content (AvgIpc) is 2.65. The molecule has 1 aromatic heterocycles. The molecule has 3 rings (SSSR count). The summed E-state index contributed by atoms with van der Waals surface area (Å²) in [6.45, 7) is 0. The van der Waals surface area contributed by atoms with E-state index in [0.717, 1.165) is 12.1 Å². The minimum Gasteiger partial charge on any atom is -0.354 e. The predicted molar refractivity (Wildman–Crippen MR) is 93.0 cm³/mol. The SMILES string of the molecule is N#Cc1cccc(Nc2ccc(C(=O)Nc3c(F)cccc3F)nc2)c1. The van der Waals surface area contributed by atoms with Gasteiger partial charge in [-0.1, -0.05) is 12.1 Å². The predicted octanol–water partition coefficient (Wildman–Crippen LogP) is 4.23. The molecule has 1 heterocycles. The Labute approximate surface area is 147 Å². The van der Waals surface area contributed by atoms with Crippen LogP contribution in [0, 0.1) is 23.0 Å². The summed E-state index contributed by atoms with van der Waals surface area (Å²) >= 11 is 0. The molecule has 128 valence electrons.